The number of aryl methyl sites for hydroxylation is 2. The predicted octanol–water partition coefficient (Wildman–Crippen LogP) is 5.86. The van der Waals surface area contributed by atoms with Crippen LogP contribution < -0.4 is 0 Å². The van der Waals surface area contributed by atoms with E-state index in [1.54, 1.807) is 11.3 Å². The maximum Gasteiger partial charge on any atom is 0.197 e. The van der Waals surface area contributed by atoms with E-state index >= 15 is 0 Å². The summed E-state index contributed by atoms with van der Waals surface area (Å²) in [7, 11) is 0. The van der Waals surface area contributed by atoms with Gasteiger partial charge in [0.25, 0.3) is 0 Å². The molecule has 0 bridgehead atoms. The number of carbonyl (C=O) groups is 1. The minimum Gasteiger partial charge on any atom is -0.293 e. The van der Waals surface area contributed by atoms with Crippen molar-refractivity contribution in [1.82, 2.24) is 19.6 Å². The monoisotopic (exact) mass is 456 g/mol. The van der Waals surface area contributed by atoms with Gasteiger partial charge >= 0.3 is 0 Å². The lowest BCUT2D eigenvalue weighted by Crippen LogP contribution is -2.04. The van der Waals surface area contributed by atoms with Crippen LogP contribution in [0, 0.1) is 0 Å². The summed E-state index contributed by atoms with van der Waals surface area (Å²) in [4.78, 5) is 20.3. The molecule has 0 radical (unpaired) electrons. The molecule has 7 heteroatoms. The molecule has 1 aliphatic rings. The molecule has 6 rings (SSSR count). The molecule has 32 heavy (non-hydrogen) atoms. The second-order valence-electron chi connectivity index (χ2n) is 7.91. The van der Waals surface area contributed by atoms with E-state index in [-0.39, 0.29) is 5.78 Å². The van der Waals surface area contributed by atoms with Crippen molar-refractivity contribution in [1.29, 1.82) is 0 Å². The lowest BCUT2D eigenvalue weighted by atomic mass is 9.97. The van der Waals surface area contributed by atoms with E-state index in [4.69, 9.17) is 4.98 Å². The Morgan fingerprint density at radius 2 is 1.72 bits per heavy atom. The predicted molar refractivity (Wildman–Crippen MR) is 130 cm³/mol. The Bertz CT molecular complexity index is 1440. The summed E-state index contributed by atoms with van der Waals surface area (Å²) >= 11 is 3.22. The van der Waals surface area contributed by atoms with E-state index in [9.17, 15) is 4.79 Å². The molecule has 0 spiro atoms. The summed E-state index contributed by atoms with van der Waals surface area (Å²) in [6.07, 6.45) is 4.62. The standard InChI is InChI=1S/C25H20N4OS2/c30-19(16-9-3-1-4-10-16)15-31-25-28-27-23-21-18-13-7-8-14-20(18)32-24(21)26-22(29(23)25)17-11-5-2-6-12-17/h1-6,9-12H,7-8,13-15H2. The van der Waals surface area contributed by atoms with Crippen molar-refractivity contribution in [2.45, 2.75) is 30.8 Å². The van der Waals surface area contributed by atoms with Gasteiger partial charge in [-0.15, -0.1) is 21.5 Å². The van der Waals surface area contributed by atoms with Gasteiger partial charge in [0.1, 0.15) is 10.7 Å². The van der Waals surface area contributed by atoms with Crippen LogP contribution in [0.5, 0.6) is 0 Å². The minimum atomic E-state index is 0.0792. The third-order valence-corrected chi connectivity index (χ3v) is 8.00. The molecule has 0 aliphatic heterocycles. The quantitative estimate of drug-likeness (QED) is 0.245. The van der Waals surface area contributed by atoms with Crippen LogP contribution in [0.25, 0.3) is 27.3 Å². The Morgan fingerprint density at radius 1 is 0.969 bits per heavy atom. The highest BCUT2D eigenvalue weighted by Gasteiger charge is 2.24. The van der Waals surface area contributed by atoms with Gasteiger partial charge in [-0.05, 0) is 31.2 Å². The minimum absolute atomic E-state index is 0.0792. The molecule has 5 nitrogen and oxygen atoms in total. The first-order valence-electron chi connectivity index (χ1n) is 10.8. The number of aromatic nitrogens is 4. The number of rotatable bonds is 5. The average Bonchev–Trinajstić information content (AvgIpc) is 3.44. The van der Waals surface area contributed by atoms with Gasteiger partial charge in [-0.1, -0.05) is 72.4 Å². The van der Waals surface area contributed by atoms with Crippen LogP contribution in [0.3, 0.4) is 0 Å². The molecule has 158 valence electrons. The normalized spacial score (nSPS) is 13.5. The van der Waals surface area contributed by atoms with Crippen LogP contribution in [0.2, 0.25) is 0 Å². The number of thioether (sulfide) groups is 1. The van der Waals surface area contributed by atoms with Crippen LogP contribution in [-0.4, -0.2) is 31.1 Å². The number of hydrogen-bond donors (Lipinski definition) is 0. The molecule has 3 aromatic heterocycles. The highest BCUT2D eigenvalue weighted by atomic mass is 32.2. The first-order chi connectivity index (χ1) is 15.8. The third-order valence-electron chi connectivity index (χ3n) is 5.89. The van der Waals surface area contributed by atoms with Gasteiger partial charge in [0.05, 0.1) is 11.1 Å². The van der Waals surface area contributed by atoms with Gasteiger partial charge in [0.2, 0.25) is 0 Å². The number of carbonyl (C=O) groups excluding carboxylic acids is 1. The molecule has 0 fully saturated rings. The zero-order chi connectivity index (χ0) is 21.5. The molecular formula is C25H20N4OS2. The molecule has 0 N–H and O–H groups in total. The van der Waals surface area contributed by atoms with E-state index in [0.717, 1.165) is 40.1 Å². The van der Waals surface area contributed by atoms with Crippen LogP contribution in [0.15, 0.2) is 65.8 Å². The van der Waals surface area contributed by atoms with Crippen molar-refractivity contribution in [3.05, 3.63) is 76.7 Å². The average molecular weight is 457 g/mol. The number of hydrogen-bond acceptors (Lipinski definition) is 6. The molecule has 1 aliphatic carbocycles. The Morgan fingerprint density at radius 3 is 2.53 bits per heavy atom. The summed E-state index contributed by atoms with van der Waals surface area (Å²) in [6, 6.07) is 19.5. The van der Waals surface area contributed by atoms with Gasteiger partial charge in [0, 0.05) is 16.0 Å². The zero-order valence-electron chi connectivity index (χ0n) is 17.3. The first kappa shape index (κ1) is 19.6. The molecule has 0 amide bonds. The van der Waals surface area contributed by atoms with Crippen molar-refractivity contribution in [3.63, 3.8) is 0 Å². The Balaban J connectivity index is 1.50. The topological polar surface area (TPSA) is 60.2 Å². The number of fused-ring (bicyclic) bond motifs is 5. The second-order valence-corrected chi connectivity index (χ2v) is 9.94. The van der Waals surface area contributed by atoms with Crippen LogP contribution in [-0.2, 0) is 12.8 Å². The maximum absolute atomic E-state index is 12.7. The first-order valence-corrected chi connectivity index (χ1v) is 12.6. The molecule has 0 atom stereocenters. The Kier molecular flexibility index (Phi) is 5.00. The number of nitrogens with zero attached hydrogens (tertiary/aromatic N) is 4. The highest BCUT2D eigenvalue weighted by Crippen LogP contribution is 2.39. The zero-order valence-corrected chi connectivity index (χ0v) is 19.0. The Hall–Kier alpha value is -3.03. The third kappa shape index (κ3) is 3.32. The van der Waals surface area contributed by atoms with Crippen molar-refractivity contribution < 1.29 is 4.79 Å². The van der Waals surface area contributed by atoms with Crippen molar-refractivity contribution in [2.75, 3.05) is 5.75 Å². The van der Waals surface area contributed by atoms with Crippen molar-refractivity contribution >= 4 is 44.7 Å². The molecule has 0 saturated carbocycles. The lowest BCUT2D eigenvalue weighted by Gasteiger charge is -2.11. The fraction of sp³-hybridized carbons (Fsp3) is 0.200. The number of thiophene rings is 1. The van der Waals surface area contributed by atoms with Gasteiger partial charge in [0.15, 0.2) is 16.6 Å². The fourth-order valence-corrected chi connectivity index (χ4v) is 6.42. The lowest BCUT2D eigenvalue weighted by molar-refractivity contribution is 0.102. The number of ketones is 1. The van der Waals surface area contributed by atoms with Crippen LogP contribution in [0.4, 0.5) is 0 Å². The van der Waals surface area contributed by atoms with E-state index in [2.05, 4.69) is 22.3 Å². The van der Waals surface area contributed by atoms with Crippen molar-refractivity contribution in [3.8, 4) is 11.4 Å². The highest BCUT2D eigenvalue weighted by molar-refractivity contribution is 7.99. The fourth-order valence-electron chi connectivity index (χ4n) is 4.34. The second kappa shape index (κ2) is 8.15. The van der Waals surface area contributed by atoms with Crippen LogP contribution >= 0.6 is 23.1 Å². The molecule has 2 aromatic carbocycles. The van der Waals surface area contributed by atoms with Gasteiger partial charge in [-0.25, -0.2) is 4.98 Å². The molecule has 3 heterocycles. The number of benzene rings is 2. The maximum atomic E-state index is 12.7. The van der Waals surface area contributed by atoms with Crippen molar-refractivity contribution in [2.24, 2.45) is 0 Å². The number of Topliss-reactive ketones (excluding diaryl/α,β-unsaturated/α-hetero) is 1. The molecule has 0 unspecified atom stereocenters. The van der Waals surface area contributed by atoms with Gasteiger partial charge in [-0.3, -0.25) is 9.20 Å². The summed E-state index contributed by atoms with van der Waals surface area (Å²) in [5, 5.41) is 11.0. The van der Waals surface area contributed by atoms with Gasteiger partial charge < -0.3 is 0 Å². The van der Waals surface area contributed by atoms with E-state index in [0.29, 0.717) is 16.5 Å². The SMILES string of the molecule is O=C(CSc1nnc2c3c4c(sc3nc(-c3ccccc3)n12)CCCC4)c1ccccc1. The molecule has 5 aromatic rings. The van der Waals surface area contributed by atoms with E-state index in [1.807, 2.05) is 52.9 Å². The summed E-state index contributed by atoms with van der Waals surface area (Å²) in [5.41, 5.74) is 3.96. The van der Waals surface area contributed by atoms with E-state index in [1.165, 1.54) is 35.0 Å². The summed E-state index contributed by atoms with van der Waals surface area (Å²) in [6.45, 7) is 0. The molecule has 0 saturated heterocycles. The van der Waals surface area contributed by atoms with Crippen LogP contribution in [0.1, 0.15) is 33.6 Å². The van der Waals surface area contributed by atoms with Gasteiger partial charge in [-0.2, -0.15) is 0 Å². The summed E-state index contributed by atoms with van der Waals surface area (Å²) < 4.78 is 2.04. The van der Waals surface area contributed by atoms with E-state index < -0.39 is 0 Å². The largest absolute Gasteiger partial charge is 0.293 e. The smallest absolute Gasteiger partial charge is 0.197 e. The Labute approximate surface area is 193 Å². The molecular weight excluding hydrogens is 436 g/mol. The summed E-state index contributed by atoms with van der Waals surface area (Å²) in [5.74, 6) is 1.21.